The molecule has 3 nitrogen and oxygen atoms in total. The highest BCUT2D eigenvalue weighted by Crippen LogP contribution is 2.41. The van der Waals surface area contributed by atoms with Crippen LogP contribution < -0.4 is 0 Å². The lowest BCUT2D eigenvalue weighted by atomic mass is 9.75. The number of rotatable bonds is 1. The number of piperidine rings is 3. The van der Waals surface area contributed by atoms with Crippen molar-refractivity contribution in [2.45, 2.75) is 44.0 Å². The van der Waals surface area contributed by atoms with E-state index in [2.05, 4.69) is 0 Å². The molecule has 3 saturated heterocycles. The number of amides is 1. The van der Waals surface area contributed by atoms with E-state index in [0.29, 0.717) is 12.0 Å². The maximum Gasteiger partial charge on any atom is 0.254 e. The molecule has 0 saturated carbocycles. The van der Waals surface area contributed by atoms with Gasteiger partial charge in [-0.25, -0.2) is 0 Å². The van der Waals surface area contributed by atoms with Crippen LogP contribution in [-0.4, -0.2) is 47.8 Å². The molecular formula is C19H24N2O. The van der Waals surface area contributed by atoms with E-state index < -0.39 is 50.1 Å². The van der Waals surface area contributed by atoms with Crippen LogP contribution in [0.15, 0.2) is 18.2 Å². The van der Waals surface area contributed by atoms with Gasteiger partial charge in [0.2, 0.25) is 0 Å². The van der Waals surface area contributed by atoms with E-state index >= 15 is 0 Å². The Bertz CT molecular complexity index is 1030. The molecule has 0 aromatic heterocycles. The van der Waals surface area contributed by atoms with Gasteiger partial charge in [-0.05, 0) is 68.1 Å². The van der Waals surface area contributed by atoms with E-state index in [-0.39, 0.29) is 17.4 Å². The van der Waals surface area contributed by atoms with Crippen LogP contribution in [0.25, 0.3) is 0 Å². The highest BCUT2D eigenvalue weighted by atomic mass is 16.2. The van der Waals surface area contributed by atoms with Crippen molar-refractivity contribution >= 4 is 5.91 Å². The standard InChI is InChI=1S/C19H24N2O/c22-19-16-6-2-4-14-3-1-5-15(18(14)16)11-21(19)17-12-20-9-7-13(17)8-10-20/h2,4,6,13,15,17H,1,3,5,7-12H2/t15-,17-/m1/s1/i7D2,8D2,9D2,10D2,12D2,13D. The predicted octanol–water partition coefficient (Wildman–Crippen LogP) is 2.66. The van der Waals surface area contributed by atoms with Gasteiger partial charge in [0.15, 0.2) is 0 Å². The maximum absolute atomic E-state index is 13.6. The SMILES string of the molecule is [2H]C1([2H])[C@@H](N2C[C@H]3CCCc4cccc(c43)C2=O)C2([2H])C([2H])([2H])C([2H])([2H])N1C([2H])([2H])C2([2H])[2H]. The number of carbonyl (C=O) groups excluding carboxylic acids is 1. The molecule has 5 aliphatic rings. The van der Waals surface area contributed by atoms with Gasteiger partial charge in [-0.15, -0.1) is 0 Å². The molecule has 1 aromatic rings. The molecule has 3 heteroatoms. The number of fused-ring (bicyclic) bond motifs is 3. The van der Waals surface area contributed by atoms with E-state index in [9.17, 15) is 4.79 Å². The minimum absolute atomic E-state index is 0.0615. The zero-order valence-electron chi connectivity index (χ0n) is 23.0. The second kappa shape index (κ2) is 4.82. The lowest BCUT2D eigenvalue weighted by Gasteiger charge is -2.51. The van der Waals surface area contributed by atoms with Gasteiger partial charge in [0.25, 0.3) is 5.91 Å². The fourth-order valence-electron chi connectivity index (χ4n) is 3.97. The first-order chi connectivity index (χ1) is 15.0. The van der Waals surface area contributed by atoms with Crippen LogP contribution in [0.4, 0.5) is 0 Å². The molecule has 6 rings (SSSR count). The number of benzene rings is 1. The first kappa shape index (κ1) is 6.27. The van der Waals surface area contributed by atoms with Crippen LogP contribution in [-0.2, 0) is 6.42 Å². The van der Waals surface area contributed by atoms with Crippen molar-refractivity contribution in [1.82, 2.24) is 9.80 Å². The lowest BCUT2D eigenvalue weighted by molar-refractivity contribution is 0.00258. The monoisotopic (exact) mass is 307 g/mol. The maximum atomic E-state index is 13.6. The number of hydrogen-bond acceptors (Lipinski definition) is 2. The molecule has 0 spiro atoms. The summed E-state index contributed by atoms with van der Waals surface area (Å²) < 4.78 is 93.4. The zero-order chi connectivity index (χ0) is 24.6. The molecule has 116 valence electrons. The molecule has 1 aromatic carbocycles. The molecule has 2 atom stereocenters. The van der Waals surface area contributed by atoms with Crippen LogP contribution in [0, 0.1) is 5.89 Å². The van der Waals surface area contributed by atoms with Gasteiger partial charge in [0.1, 0.15) is 0 Å². The molecule has 0 radical (unpaired) electrons. The van der Waals surface area contributed by atoms with E-state index in [4.69, 9.17) is 15.1 Å². The van der Waals surface area contributed by atoms with Crippen LogP contribution >= 0.6 is 0 Å². The Hall–Kier alpha value is -1.35. The summed E-state index contributed by atoms with van der Waals surface area (Å²) in [4.78, 5) is 14.5. The number of carbonyl (C=O) groups is 1. The van der Waals surface area contributed by atoms with Crippen molar-refractivity contribution in [2.24, 2.45) is 5.89 Å². The minimum atomic E-state index is -3.35. The Labute approximate surface area is 147 Å². The number of aryl methyl sites for hydroxylation is 1. The summed E-state index contributed by atoms with van der Waals surface area (Å²) in [7, 11) is 0. The second-order valence-electron chi connectivity index (χ2n) is 6.18. The van der Waals surface area contributed by atoms with Gasteiger partial charge in [-0.1, -0.05) is 12.1 Å². The molecule has 0 N–H and O–H groups in total. The lowest BCUT2D eigenvalue weighted by Crippen LogP contribution is -2.60. The molecular weight excluding hydrogens is 272 g/mol. The van der Waals surface area contributed by atoms with Gasteiger partial charge in [-0.3, -0.25) is 4.79 Å². The van der Waals surface area contributed by atoms with Crippen LogP contribution in [0.2, 0.25) is 0 Å². The van der Waals surface area contributed by atoms with Crippen molar-refractivity contribution in [3.63, 3.8) is 0 Å². The van der Waals surface area contributed by atoms with Crippen molar-refractivity contribution in [3.05, 3.63) is 34.9 Å². The van der Waals surface area contributed by atoms with Crippen molar-refractivity contribution in [2.75, 3.05) is 26.0 Å². The van der Waals surface area contributed by atoms with Crippen LogP contribution in [0.1, 0.15) is 68.1 Å². The Balaban J connectivity index is 1.75. The van der Waals surface area contributed by atoms with E-state index in [0.717, 1.165) is 28.9 Å². The van der Waals surface area contributed by atoms with Gasteiger partial charge in [0.05, 0.1) is 0 Å². The summed E-state index contributed by atoms with van der Waals surface area (Å²) in [5, 5.41) is 0. The first-order valence-corrected chi connectivity index (χ1v) is 7.70. The van der Waals surface area contributed by atoms with Gasteiger partial charge in [-0.2, -0.15) is 0 Å². The van der Waals surface area contributed by atoms with E-state index in [1.54, 1.807) is 12.1 Å². The van der Waals surface area contributed by atoms with Crippen molar-refractivity contribution in [3.8, 4) is 0 Å². The molecule has 4 aliphatic heterocycles. The average Bonchev–Trinajstić information content (AvgIpc) is 2.68. The van der Waals surface area contributed by atoms with Gasteiger partial charge < -0.3 is 9.80 Å². The summed E-state index contributed by atoms with van der Waals surface area (Å²) in [6.45, 7) is -9.83. The highest BCUT2D eigenvalue weighted by molar-refractivity contribution is 5.97. The molecule has 2 bridgehead atoms. The van der Waals surface area contributed by atoms with Gasteiger partial charge >= 0.3 is 0 Å². The number of hydrogen-bond donors (Lipinski definition) is 0. The predicted molar refractivity (Wildman–Crippen MR) is 86.1 cm³/mol. The van der Waals surface area contributed by atoms with Crippen molar-refractivity contribution < 1.29 is 19.9 Å². The summed E-state index contributed by atoms with van der Waals surface area (Å²) in [6, 6.07) is 3.12. The minimum Gasteiger partial charge on any atom is -0.333 e. The third-order valence-corrected chi connectivity index (χ3v) is 4.95. The summed E-state index contributed by atoms with van der Waals surface area (Å²) in [6.07, 6.45) is -4.40. The quantitative estimate of drug-likeness (QED) is 0.796. The first-order valence-electron chi connectivity index (χ1n) is 13.2. The molecule has 1 amide bonds. The summed E-state index contributed by atoms with van der Waals surface area (Å²) >= 11 is 0. The molecule has 1 aliphatic carbocycles. The molecule has 0 unspecified atom stereocenters. The molecule has 4 heterocycles. The topological polar surface area (TPSA) is 23.6 Å². The second-order valence-corrected chi connectivity index (χ2v) is 6.18. The van der Waals surface area contributed by atoms with Crippen molar-refractivity contribution in [1.29, 1.82) is 0 Å². The zero-order valence-corrected chi connectivity index (χ0v) is 12.0. The van der Waals surface area contributed by atoms with Crippen LogP contribution in [0.5, 0.6) is 0 Å². The van der Waals surface area contributed by atoms with Crippen LogP contribution in [0.3, 0.4) is 0 Å². The smallest absolute Gasteiger partial charge is 0.254 e. The molecule has 3 fully saturated rings. The average molecular weight is 307 g/mol. The fraction of sp³-hybridized carbons (Fsp3) is 0.632. The summed E-state index contributed by atoms with van der Waals surface area (Å²) in [5.41, 5.74) is 2.15. The Morgan fingerprint density at radius 2 is 2.14 bits per heavy atom. The van der Waals surface area contributed by atoms with Gasteiger partial charge in [0, 0.05) is 45.6 Å². The Morgan fingerprint density at radius 3 is 3.00 bits per heavy atom. The number of nitrogens with zero attached hydrogens (tertiary/aromatic N) is 2. The Kier molecular flexibility index (Phi) is 1.37. The largest absolute Gasteiger partial charge is 0.333 e. The third-order valence-electron chi connectivity index (χ3n) is 4.95. The van der Waals surface area contributed by atoms with E-state index in [1.807, 2.05) is 6.07 Å². The van der Waals surface area contributed by atoms with E-state index in [1.165, 1.54) is 0 Å². The Morgan fingerprint density at radius 1 is 1.27 bits per heavy atom. The summed E-state index contributed by atoms with van der Waals surface area (Å²) in [5.74, 6) is -4.17. The normalized spacial score (nSPS) is 58.5. The fourth-order valence-corrected chi connectivity index (χ4v) is 3.97. The molecule has 22 heavy (non-hydrogen) atoms. The highest BCUT2D eigenvalue weighted by Gasteiger charge is 2.43. The third kappa shape index (κ3) is 1.81.